The molecule has 122 valence electrons. The van der Waals surface area contributed by atoms with E-state index in [2.05, 4.69) is 29.6 Å². The van der Waals surface area contributed by atoms with E-state index in [0.717, 1.165) is 16.9 Å². The molecule has 0 unspecified atom stereocenters. The minimum Gasteiger partial charge on any atom is -0.372 e. The average Bonchev–Trinajstić information content (AvgIpc) is 3.12. The highest BCUT2D eigenvalue weighted by Crippen LogP contribution is 2.30. The van der Waals surface area contributed by atoms with Crippen LogP contribution in [0.15, 0.2) is 35.7 Å². The Morgan fingerprint density at radius 3 is 2.70 bits per heavy atom. The molecule has 0 spiro atoms. The van der Waals surface area contributed by atoms with Crippen molar-refractivity contribution in [1.82, 2.24) is 5.32 Å². The Kier molecular flexibility index (Phi) is 5.13. The number of carbonyl (C=O) groups is 1. The summed E-state index contributed by atoms with van der Waals surface area (Å²) in [7, 11) is 1.56. The molecule has 0 aliphatic heterocycles. The Balaban J connectivity index is 1.91. The standard InChI is InChI=1S/C19H23NO2S/c1-13(22-2)19(21)20-18(17-8-5-11-23-17)16-10-9-14-6-3-4-7-15(14)12-16/h5,8-13,18H,3-4,6-7H2,1-2H3,(H,20,21)/t13-,18+/m0/s1. The van der Waals surface area contributed by atoms with Crippen molar-refractivity contribution in [3.8, 4) is 0 Å². The minimum atomic E-state index is -0.449. The first kappa shape index (κ1) is 16.2. The highest BCUT2D eigenvalue weighted by molar-refractivity contribution is 7.10. The summed E-state index contributed by atoms with van der Waals surface area (Å²) in [6, 6.07) is 10.7. The summed E-state index contributed by atoms with van der Waals surface area (Å²) in [6.07, 6.45) is 4.40. The van der Waals surface area contributed by atoms with Crippen LogP contribution in [-0.4, -0.2) is 19.1 Å². The van der Waals surface area contributed by atoms with Crippen molar-refractivity contribution < 1.29 is 9.53 Å². The maximum Gasteiger partial charge on any atom is 0.249 e. The lowest BCUT2D eigenvalue weighted by atomic mass is 9.89. The van der Waals surface area contributed by atoms with Crippen molar-refractivity contribution in [2.75, 3.05) is 7.11 Å². The third kappa shape index (κ3) is 3.65. The molecule has 1 aliphatic rings. The first-order valence-corrected chi connectivity index (χ1v) is 9.05. The van der Waals surface area contributed by atoms with E-state index in [4.69, 9.17) is 4.74 Å². The van der Waals surface area contributed by atoms with Crippen LogP contribution in [0, 0.1) is 0 Å². The summed E-state index contributed by atoms with van der Waals surface area (Å²) < 4.78 is 5.15. The number of hydrogen-bond donors (Lipinski definition) is 1. The van der Waals surface area contributed by atoms with Gasteiger partial charge in [0.15, 0.2) is 0 Å². The van der Waals surface area contributed by atoms with Gasteiger partial charge in [0.2, 0.25) is 5.91 Å². The molecule has 0 fully saturated rings. The van der Waals surface area contributed by atoms with E-state index in [1.54, 1.807) is 25.4 Å². The van der Waals surface area contributed by atoms with Gasteiger partial charge in [0.05, 0.1) is 6.04 Å². The maximum absolute atomic E-state index is 12.3. The molecule has 1 heterocycles. The summed E-state index contributed by atoms with van der Waals surface area (Å²) in [5.74, 6) is -0.0800. The minimum absolute atomic E-state index is 0.0800. The van der Waals surface area contributed by atoms with Crippen molar-refractivity contribution in [2.24, 2.45) is 0 Å². The quantitative estimate of drug-likeness (QED) is 0.904. The van der Waals surface area contributed by atoms with Gasteiger partial charge in [0.25, 0.3) is 0 Å². The van der Waals surface area contributed by atoms with Crippen LogP contribution in [0.25, 0.3) is 0 Å². The third-order valence-corrected chi connectivity index (χ3v) is 5.48. The number of hydrogen-bond acceptors (Lipinski definition) is 3. The lowest BCUT2D eigenvalue weighted by molar-refractivity contribution is -0.130. The van der Waals surface area contributed by atoms with Gasteiger partial charge in [0, 0.05) is 12.0 Å². The van der Waals surface area contributed by atoms with Crippen LogP contribution in [0.5, 0.6) is 0 Å². The fourth-order valence-corrected chi connectivity index (χ4v) is 3.88. The summed E-state index contributed by atoms with van der Waals surface area (Å²) in [5.41, 5.74) is 4.05. The molecular formula is C19H23NO2S. The number of rotatable bonds is 5. The SMILES string of the molecule is CO[C@@H](C)C(=O)N[C@H](c1ccc2c(c1)CCCC2)c1cccs1. The van der Waals surface area contributed by atoms with E-state index in [0.29, 0.717) is 0 Å². The van der Waals surface area contributed by atoms with Gasteiger partial charge >= 0.3 is 0 Å². The van der Waals surface area contributed by atoms with Crippen LogP contribution in [0.1, 0.15) is 47.4 Å². The number of amides is 1. The van der Waals surface area contributed by atoms with Gasteiger partial charge in [-0.1, -0.05) is 24.3 Å². The molecule has 1 aromatic heterocycles. The highest BCUT2D eigenvalue weighted by atomic mass is 32.1. The van der Waals surface area contributed by atoms with E-state index < -0.39 is 6.10 Å². The molecule has 1 aromatic carbocycles. The van der Waals surface area contributed by atoms with Crippen LogP contribution in [0.2, 0.25) is 0 Å². The van der Waals surface area contributed by atoms with Gasteiger partial charge < -0.3 is 10.1 Å². The van der Waals surface area contributed by atoms with Gasteiger partial charge in [-0.15, -0.1) is 11.3 Å². The molecule has 2 atom stereocenters. The topological polar surface area (TPSA) is 38.3 Å². The molecule has 1 amide bonds. The Morgan fingerprint density at radius 2 is 2.00 bits per heavy atom. The van der Waals surface area contributed by atoms with Crippen molar-refractivity contribution in [1.29, 1.82) is 0 Å². The number of fused-ring (bicyclic) bond motifs is 1. The number of carbonyl (C=O) groups excluding carboxylic acids is 1. The van der Waals surface area contributed by atoms with Crippen LogP contribution in [0.4, 0.5) is 0 Å². The lowest BCUT2D eigenvalue weighted by Crippen LogP contribution is -2.36. The van der Waals surface area contributed by atoms with Crippen molar-refractivity contribution in [3.05, 3.63) is 57.3 Å². The summed E-state index contributed by atoms with van der Waals surface area (Å²) in [4.78, 5) is 13.5. The zero-order chi connectivity index (χ0) is 16.2. The second-order valence-corrected chi connectivity index (χ2v) is 7.05. The van der Waals surface area contributed by atoms with Crippen molar-refractivity contribution >= 4 is 17.2 Å². The molecule has 1 aliphatic carbocycles. The normalized spacial score (nSPS) is 16.4. The number of methoxy groups -OCH3 is 1. The van der Waals surface area contributed by atoms with Gasteiger partial charge in [-0.25, -0.2) is 0 Å². The molecule has 23 heavy (non-hydrogen) atoms. The van der Waals surface area contributed by atoms with Crippen LogP contribution >= 0.6 is 11.3 Å². The zero-order valence-electron chi connectivity index (χ0n) is 13.7. The van der Waals surface area contributed by atoms with E-state index in [-0.39, 0.29) is 11.9 Å². The molecule has 0 radical (unpaired) electrons. The molecule has 0 saturated heterocycles. The molecule has 0 saturated carbocycles. The summed E-state index contributed by atoms with van der Waals surface area (Å²) >= 11 is 1.67. The Hall–Kier alpha value is -1.65. The molecule has 2 aromatic rings. The molecule has 0 bridgehead atoms. The van der Waals surface area contributed by atoms with Gasteiger partial charge in [-0.2, -0.15) is 0 Å². The van der Waals surface area contributed by atoms with Crippen LogP contribution in [-0.2, 0) is 22.4 Å². The largest absolute Gasteiger partial charge is 0.372 e. The number of thiophene rings is 1. The number of nitrogens with one attached hydrogen (secondary N) is 1. The number of aryl methyl sites for hydroxylation is 2. The van der Waals surface area contributed by atoms with E-state index in [1.165, 1.54) is 30.4 Å². The van der Waals surface area contributed by atoms with Crippen molar-refractivity contribution in [3.63, 3.8) is 0 Å². The van der Waals surface area contributed by atoms with E-state index in [9.17, 15) is 4.79 Å². The number of ether oxygens (including phenoxy) is 1. The van der Waals surface area contributed by atoms with Gasteiger partial charge in [-0.3, -0.25) is 4.79 Å². The van der Waals surface area contributed by atoms with E-state index in [1.807, 2.05) is 11.4 Å². The Bertz CT molecular complexity index is 666. The van der Waals surface area contributed by atoms with Crippen LogP contribution in [0.3, 0.4) is 0 Å². The summed E-state index contributed by atoms with van der Waals surface area (Å²) in [6.45, 7) is 1.77. The fraction of sp³-hybridized carbons (Fsp3) is 0.421. The van der Waals surface area contributed by atoms with Gasteiger partial charge in [-0.05, 0) is 60.7 Å². The Labute approximate surface area is 141 Å². The first-order chi connectivity index (χ1) is 11.2. The van der Waals surface area contributed by atoms with Gasteiger partial charge in [0.1, 0.15) is 6.10 Å². The average molecular weight is 329 g/mol. The second kappa shape index (κ2) is 7.28. The third-order valence-electron chi connectivity index (χ3n) is 4.54. The highest BCUT2D eigenvalue weighted by Gasteiger charge is 2.22. The smallest absolute Gasteiger partial charge is 0.249 e. The number of benzene rings is 1. The van der Waals surface area contributed by atoms with Crippen molar-refractivity contribution in [2.45, 2.75) is 44.8 Å². The summed E-state index contributed by atoms with van der Waals surface area (Å²) in [5, 5.41) is 5.19. The predicted octanol–water partition coefficient (Wildman–Crippen LogP) is 3.87. The Morgan fingerprint density at radius 1 is 1.22 bits per heavy atom. The molecular weight excluding hydrogens is 306 g/mol. The molecule has 4 heteroatoms. The maximum atomic E-state index is 12.3. The lowest BCUT2D eigenvalue weighted by Gasteiger charge is -2.23. The second-order valence-electron chi connectivity index (χ2n) is 6.07. The molecule has 1 N–H and O–H groups in total. The predicted molar refractivity (Wildman–Crippen MR) is 93.9 cm³/mol. The zero-order valence-corrected chi connectivity index (χ0v) is 14.5. The monoisotopic (exact) mass is 329 g/mol. The molecule has 3 rings (SSSR count). The molecule has 3 nitrogen and oxygen atoms in total. The van der Waals surface area contributed by atoms with E-state index >= 15 is 0 Å². The first-order valence-electron chi connectivity index (χ1n) is 8.17. The van der Waals surface area contributed by atoms with Crippen LogP contribution < -0.4 is 5.32 Å². The fourth-order valence-electron chi connectivity index (χ4n) is 3.07.